The lowest BCUT2D eigenvalue weighted by Gasteiger charge is -2.09. The lowest BCUT2D eigenvalue weighted by molar-refractivity contribution is 0.0920. The van der Waals surface area contributed by atoms with Gasteiger partial charge in [0.1, 0.15) is 5.75 Å². The zero-order chi connectivity index (χ0) is 19.2. The smallest absolute Gasteiger partial charge is 0.287 e. The zero-order valence-electron chi connectivity index (χ0n) is 14.6. The van der Waals surface area contributed by atoms with Crippen LogP contribution < -0.4 is 20.9 Å². The zero-order valence-corrected chi connectivity index (χ0v) is 14.6. The van der Waals surface area contributed by atoms with Crippen LogP contribution in [-0.2, 0) is 0 Å². The van der Waals surface area contributed by atoms with Crippen molar-refractivity contribution in [3.63, 3.8) is 0 Å². The number of amides is 2. The number of fused-ring (bicyclic) bond motifs is 1. The van der Waals surface area contributed by atoms with Crippen molar-refractivity contribution in [3.05, 3.63) is 70.3 Å². The van der Waals surface area contributed by atoms with Gasteiger partial charge in [0.2, 0.25) is 0 Å². The fourth-order valence-corrected chi connectivity index (χ4v) is 2.56. The third-order valence-corrected chi connectivity index (χ3v) is 3.88. The molecule has 138 valence electrons. The minimum Gasteiger partial charge on any atom is -0.496 e. The first-order valence-corrected chi connectivity index (χ1v) is 8.28. The highest BCUT2D eigenvalue weighted by Gasteiger charge is 2.12. The number of H-pyrrole nitrogens is 1. The van der Waals surface area contributed by atoms with Gasteiger partial charge in [-0.2, -0.15) is 0 Å². The van der Waals surface area contributed by atoms with Crippen LogP contribution in [0.1, 0.15) is 21.0 Å². The Morgan fingerprint density at radius 2 is 1.67 bits per heavy atom. The van der Waals surface area contributed by atoms with E-state index in [1.165, 1.54) is 7.11 Å². The molecule has 0 bridgehead atoms. The van der Waals surface area contributed by atoms with Crippen LogP contribution in [0.15, 0.2) is 53.3 Å². The molecule has 0 saturated carbocycles. The van der Waals surface area contributed by atoms with Crippen molar-refractivity contribution < 1.29 is 14.3 Å². The molecule has 0 aliphatic heterocycles. The normalized spacial score (nSPS) is 10.4. The molecule has 3 rings (SSSR count). The molecule has 0 saturated heterocycles. The van der Waals surface area contributed by atoms with Crippen LogP contribution >= 0.6 is 0 Å². The van der Waals surface area contributed by atoms with Gasteiger partial charge in [0.25, 0.3) is 17.4 Å². The van der Waals surface area contributed by atoms with Gasteiger partial charge in [0.05, 0.1) is 23.6 Å². The summed E-state index contributed by atoms with van der Waals surface area (Å²) in [6, 6.07) is 13.6. The van der Waals surface area contributed by atoms with Crippen LogP contribution in [0, 0.1) is 0 Å². The van der Waals surface area contributed by atoms with Crippen molar-refractivity contribution in [1.82, 2.24) is 20.6 Å². The van der Waals surface area contributed by atoms with Gasteiger partial charge < -0.3 is 20.4 Å². The Kier molecular flexibility index (Phi) is 5.46. The maximum absolute atomic E-state index is 12.2. The van der Waals surface area contributed by atoms with Crippen molar-refractivity contribution >= 4 is 22.7 Å². The Morgan fingerprint density at radius 3 is 2.44 bits per heavy atom. The molecule has 0 spiro atoms. The molecule has 3 aromatic rings. The Labute approximate surface area is 154 Å². The fraction of sp³-hybridized carbons (Fsp3) is 0.158. The first-order valence-electron chi connectivity index (χ1n) is 8.28. The van der Waals surface area contributed by atoms with E-state index >= 15 is 0 Å². The number of methoxy groups -OCH3 is 1. The van der Waals surface area contributed by atoms with E-state index in [2.05, 4.69) is 20.6 Å². The van der Waals surface area contributed by atoms with E-state index in [1.807, 2.05) is 0 Å². The van der Waals surface area contributed by atoms with E-state index in [4.69, 9.17) is 4.74 Å². The summed E-state index contributed by atoms with van der Waals surface area (Å²) in [5, 5.41) is 5.72. The summed E-state index contributed by atoms with van der Waals surface area (Å²) in [6.45, 7) is 0.386. The fourth-order valence-electron chi connectivity index (χ4n) is 2.56. The number of rotatable bonds is 6. The van der Waals surface area contributed by atoms with Gasteiger partial charge in [-0.25, -0.2) is 4.98 Å². The highest BCUT2D eigenvalue weighted by molar-refractivity contribution is 5.97. The summed E-state index contributed by atoms with van der Waals surface area (Å²) in [7, 11) is 1.49. The highest BCUT2D eigenvalue weighted by Crippen LogP contribution is 2.16. The van der Waals surface area contributed by atoms with E-state index in [0.29, 0.717) is 22.2 Å². The number of nitrogens with zero attached hydrogens (tertiary/aromatic N) is 1. The van der Waals surface area contributed by atoms with Crippen LogP contribution in [0.5, 0.6) is 5.75 Å². The summed E-state index contributed by atoms with van der Waals surface area (Å²) in [5.74, 6) is -0.435. The molecule has 0 aliphatic rings. The molecule has 3 N–H and O–H groups in total. The molecule has 0 atom stereocenters. The Morgan fingerprint density at radius 1 is 1.00 bits per heavy atom. The van der Waals surface area contributed by atoms with Crippen LogP contribution in [0.2, 0.25) is 0 Å². The molecule has 8 nitrogen and oxygen atoms in total. The molecular formula is C19H18N4O4. The number of ether oxygens (including phenoxy) is 1. The number of para-hydroxylation sites is 2. The number of nitrogens with one attached hydrogen (secondary N) is 3. The predicted molar refractivity (Wildman–Crippen MR) is 100 cm³/mol. The van der Waals surface area contributed by atoms with Gasteiger partial charge in [-0.3, -0.25) is 14.4 Å². The largest absolute Gasteiger partial charge is 0.496 e. The van der Waals surface area contributed by atoms with E-state index in [0.717, 1.165) is 0 Å². The van der Waals surface area contributed by atoms with Crippen LogP contribution in [0.25, 0.3) is 10.9 Å². The maximum atomic E-state index is 12.2. The number of benzene rings is 2. The second-order valence-corrected chi connectivity index (χ2v) is 5.64. The topological polar surface area (TPSA) is 113 Å². The maximum Gasteiger partial charge on any atom is 0.287 e. The lowest BCUT2D eigenvalue weighted by atomic mass is 10.2. The molecule has 2 amide bonds. The Balaban J connectivity index is 1.57. The molecule has 1 aromatic heterocycles. The van der Waals surface area contributed by atoms with E-state index in [9.17, 15) is 14.4 Å². The molecule has 0 unspecified atom stereocenters. The Bertz CT molecular complexity index is 1050. The number of carbonyl (C=O) groups is 2. The number of hydrogen-bond donors (Lipinski definition) is 3. The number of aromatic nitrogens is 2. The van der Waals surface area contributed by atoms with Crippen molar-refractivity contribution in [2.75, 3.05) is 20.2 Å². The van der Waals surface area contributed by atoms with Gasteiger partial charge in [0, 0.05) is 13.1 Å². The summed E-state index contributed by atoms with van der Waals surface area (Å²) in [6.07, 6.45) is 0. The quantitative estimate of drug-likeness (QED) is 0.565. The van der Waals surface area contributed by atoms with Gasteiger partial charge in [-0.15, -0.1) is 0 Å². The van der Waals surface area contributed by atoms with Gasteiger partial charge in [0.15, 0.2) is 5.82 Å². The van der Waals surface area contributed by atoms with Crippen molar-refractivity contribution in [1.29, 1.82) is 0 Å². The second-order valence-electron chi connectivity index (χ2n) is 5.64. The third-order valence-electron chi connectivity index (χ3n) is 3.88. The lowest BCUT2D eigenvalue weighted by Crippen LogP contribution is -2.36. The summed E-state index contributed by atoms with van der Waals surface area (Å²) >= 11 is 0. The van der Waals surface area contributed by atoms with E-state index in [1.54, 1.807) is 48.5 Å². The monoisotopic (exact) mass is 366 g/mol. The number of carbonyl (C=O) groups excluding carboxylic acids is 2. The van der Waals surface area contributed by atoms with E-state index in [-0.39, 0.29) is 30.4 Å². The molecule has 0 aliphatic carbocycles. The molecule has 8 heteroatoms. The van der Waals surface area contributed by atoms with Crippen molar-refractivity contribution in [2.45, 2.75) is 0 Å². The standard InChI is InChI=1S/C19H18N4O4/c1-27-15-9-5-3-7-13(15)17(24)20-10-11-21-19(26)16-22-14-8-4-2-6-12(14)18(25)23-16/h2-9H,10-11H2,1H3,(H,20,24)(H,21,26)(H,22,23,25). The first-order chi connectivity index (χ1) is 13.1. The van der Waals surface area contributed by atoms with Gasteiger partial charge in [-0.05, 0) is 24.3 Å². The van der Waals surface area contributed by atoms with Gasteiger partial charge >= 0.3 is 0 Å². The van der Waals surface area contributed by atoms with Gasteiger partial charge in [-0.1, -0.05) is 24.3 Å². The molecule has 0 radical (unpaired) electrons. The first kappa shape index (κ1) is 18.1. The molecule has 2 aromatic carbocycles. The van der Waals surface area contributed by atoms with Crippen molar-refractivity contribution in [3.8, 4) is 5.75 Å². The Hall–Kier alpha value is -3.68. The summed E-state index contributed by atoms with van der Waals surface area (Å²) in [4.78, 5) is 42.9. The minimum absolute atomic E-state index is 0.0743. The minimum atomic E-state index is -0.524. The SMILES string of the molecule is COc1ccccc1C(=O)NCCNC(=O)c1nc2ccccc2c(=O)[nH]1. The van der Waals surface area contributed by atoms with Crippen LogP contribution in [-0.4, -0.2) is 42.0 Å². The molecular weight excluding hydrogens is 348 g/mol. The highest BCUT2D eigenvalue weighted by atomic mass is 16.5. The molecule has 1 heterocycles. The average molecular weight is 366 g/mol. The molecule has 0 fully saturated rings. The van der Waals surface area contributed by atoms with Crippen LogP contribution in [0.3, 0.4) is 0 Å². The third kappa shape index (κ3) is 4.12. The predicted octanol–water partition coefficient (Wildman–Crippen LogP) is 1.09. The summed E-state index contributed by atoms with van der Waals surface area (Å²) in [5.41, 5.74) is 0.470. The van der Waals surface area contributed by atoms with Crippen molar-refractivity contribution in [2.24, 2.45) is 0 Å². The summed E-state index contributed by atoms with van der Waals surface area (Å²) < 4.78 is 5.14. The average Bonchev–Trinajstić information content (AvgIpc) is 2.70. The number of aromatic amines is 1. The van der Waals surface area contributed by atoms with E-state index < -0.39 is 5.91 Å². The van der Waals surface area contributed by atoms with Crippen LogP contribution in [0.4, 0.5) is 0 Å². The number of hydrogen-bond acceptors (Lipinski definition) is 5. The second kappa shape index (κ2) is 8.13. The molecule has 27 heavy (non-hydrogen) atoms.